The molecule has 0 radical (unpaired) electrons. The van der Waals surface area contributed by atoms with Gasteiger partial charge in [-0.05, 0) is 18.6 Å². The van der Waals surface area contributed by atoms with E-state index in [1.54, 1.807) is 12.1 Å². The monoisotopic (exact) mass is 333 g/mol. The third-order valence-electron chi connectivity index (χ3n) is 3.49. The first-order valence-corrected chi connectivity index (χ1v) is 7.07. The van der Waals surface area contributed by atoms with Crippen LogP contribution < -0.4 is 11.1 Å². The quantitative estimate of drug-likeness (QED) is 0.552. The summed E-state index contributed by atoms with van der Waals surface area (Å²) >= 11 is 0. The number of carboxylic acids is 1. The van der Waals surface area contributed by atoms with Gasteiger partial charge in [-0.3, -0.25) is 24.1 Å². The molecule has 1 aromatic rings. The van der Waals surface area contributed by atoms with E-state index in [9.17, 15) is 24.0 Å². The molecule has 0 bridgehead atoms. The van der Waals surface area contributed by atoms with E-state index < -0.39 is 42.2 Å². The predicted octanol–water partition coefficient (Wildman–Crippen LogP) is -0.882. The fourth-order valence-electron chi connectivity index (χ4n) is 2.31. The molecule has 1 unspecified atom stereocenters. The Morgan fingerprint density at radius 1 is 1.12 bits per heavy atom. The fraction of sp³-hybridized carbons (Fsp3) is 0.267. The van der Waals surface area contributed by atoms with Gasteiger partial charge in [0.25, 0.3) is 11.8 Å². The first-order valence-electron chi connectivity index (χ1n) is 7.07. The fourth-order valence-corrected chi connectivity index (χ4v) is 2.31. The lowest BCUT2D eigenvalue weighted by molar-refractivity contribution is -0.142. The van der Waals surface area contributed by atoms with E-state index in [-0.39, 0.29) is 24.0 Å². The number of carbonyl (C=O) groups is 5. The molecule has 1 aliphatic rings. The van der Waals surface area contributed by atoms with Crippen LogP contribution in [0.3, 0.4) is 0 Å². The number of carboxylic acid groups (broad SMARTS) is 1. The van der Waals surface area contributed by atoms with Crippen molar-refractivity contribution in [3.05, 3.63) is 35.4 Å². The van der Waals surface area contributed by atoms with Crippen LogP contribution in [-0.2, 0) is 14.4 Å². The molecule has 9 nitrogen and oxygen atoms in total. The van der Waals surface area contributed by atoms with Crippen molar-refractivity contribution in [3.63, 3.8) is 0 Å². The van der Waals surface area contributed by atoms with Gasteiger partial charge in [-0.2, -0.15) is 0 Å². The SMILES string of the molecule is NC(=O)CCC(NC(=O)CN1C(=O)c2ccccc2C1=O)C(=O)O. The number of primary amides is 1. The lowest BCUT2D eigenvalue weighted by atomic mass is 10.1. The van der Waals surface area contributed by atoms with Gasteiger partial charge in [0.1, 0.15) is 12.6 Å². The van der Waals surface area contributed by atoms with Gasteiger partial charge in [-0.25, -0.2) is 4.79 Å². The Labute approximate surface area is 136 Å². The molecule has 0 saturated carbocycles. The van der Waals surface area contributed by atoms with E-state index in [0.29, 0.717) is 0 Å². The summed E-state index contributed by atoms with van der Waals surface area (Å²) in [5, 5.41) is 11.2. The van der Waals surface area contributed by atoms with Crippen LogP contribution in [0.2, 0.25) is 0 Å². The highest BCUT2D eigenvalue weighted by atomic mass is 16.4. The number of hydrogen-bond acceptors (Lipinski definition) is 5. The molecule has 1 aromatic carbocycles. The van der Waals surface area contributed by atoms with Gasteiger partial charge < -0.3 is 16.2 Å². The van der Waals surface area contributed by atoms with Crippen molar-refractivity contribution in [1.82, 2.24) is 10.2 Å². The topological polar surface area (TPSA) is 147 Å². The third-order valence-corrected chi connectivity index (χ3v) is 3.49. The normalized spacial score (nSPS) is 14.2. The Morgan fingerprint density at radius 3 is 2.12 bits per heavy atom. The average molecular weight is 333 g/mol. The predicted molar refractivity (Wildman–Crippen MR) is 79.8 cm³/mol. The smallest absolute Gasteiger partial charge is 0.326 e. The van der Waals surface area contributed by atoms with Crippen molar-refractivity contribution in [3.8, 4) is 0 Å². The first-order chi connectivity index (χ1) is 11.3. The summed E-state index contributed by atoms with van der Waals surface area (Å²) < 4.78 is 0. The van der Waals surface area contributed by atoms with Crippen LogP contribution >= 0.6 is 0 Å². The zero-order valence-electron chi connectivity index (χ0n) is 12.5. The van der Waals surface area contributed by atoms with Crippen LogP contribution in [0.25, 0.3) is 0 Å². The molecule has 1 heterocycles. The molecular formula is C15H15N3O6. The molecule has 1 aliphatic heterocycles. The number of fused-ring (bicyclic) bond motifs is 1. The summed E-state index contributed by atoms with van der Waals surface area (Å²) in [5.74, 6) is -4.09. The molecule has 126 valence electrons. The number of amides is 4. The van der Waals surface area contributed by atoms with E-state index in [1.807, 2.05) is 0 Å². The van der Waals surface area contributed by atoms with E-state index in [4.69, 9.17) is 10.8 Å². The van der Waals surface area contributed by atoms with Crippen molar-refractivity contribution in [2.45, 2.75) is 18.9 Å². The molecule has 1 atom stereocenters. The lowest BCUT2D eigenvalue weighted by Crippen LogP contribution is -2.47. The van der Waals surface area contributed by atoms with Gasteiger partial charge >= 0.3 is 5.97 Å². The Balaban J connectivity index is 2.02. The number of nitrogens with two attached hydrogens (primary N) is 1. The molecular weight excluding hydrogens is 318 g/mol. The molecule has 9 heteroatoms. The minimum atomic E-state index is -1.34. The first kappa shape index (κ1) is 17.1. The standard InChI is InChI=1S/C15H15N3O6/c16-11(19)6-5-10(15(23)24)17-12(20)7-18-13(21)8-3-1-2-4-9(8)14(18)22/h1-4,10H,5-7H2,(H2,16,19)(H,17,20)(H,23,24). The Bertz CT molecular complexity index is 695. The summed E-state index contributed by atoms with van der Waals surface area (Å²) in [7, 11) is 0. The van der Waals surface area contributed by atoms with E-state index in [0.717, 1.165) is 4.90 Å². The summed E-state index contributed by atoms with van der Waals surface area (Å²) in [6.07, 6.45) is -0.400. The van der Waals surface area contributed by atoms with Gasteiger partial charge in [0.05, 0.1) is 11.1 Å². The molecule has 0 spiro atoms. The second kappa shape index (κ2) is 6.90. The van der Waals surface area contributed by atoms with E-state index in [2.05, 4.69) is 5.32 Å². The van der Waals surface area contributed by atoms with Crippen molar-refractivity contribution in [1.29, 1.82) is 0 Å². The molecule has 2 rings (SSSR count). The van der Waals surface area contributed by atoms with Gasteiger partial charge in [-0.15, -0.1) is 0 Å². The third kappa shape index (κ3) is 3.57. The van der Waals surface area contributed by atoms with Crippen LogP contribution in [0.4, 0.5) is 0 Å². The van der Waals surface area contributed by atoms with Crippen LogP contribution in [-0.4, -0.2) is 52.2 Å². The number of hydrogen-bond donors (Lipinski definition) is 3. The molecule has 0 aliphatic carbocycles. The van der Waals surface area contributed by atoms with Gasteiger partial charge in [0.15, 0.2) is 0 Å². The second-order valence-corrected chi connectivity index (χ2v) is 5.21. The number of aliphatic carboxylic acids is 1. The Morgan fingerprint density at radius 2 is 1.67 bits per heavy atom. The van der Waals surface area contributed by atoms with Gasteiger partial charge in [0, 0.05) is 6.42 Å². The maximum absolute atomic E-state index is 12.1. The molecule has 24 heavy (non-hydrogen) atoms. The molecule has 4 N–H and O–H groups in total. The van der Waals surface area contributed by atoms with Crippen molar-refractivity contribution >= 4 is 29.6 Å². The van der Waals surface area contributed by atoms with Crippen LogP contribution in [0, 0.1) is 0 Å². The second-order valence-electron chi connectivity index (χ2n) is 5.21. The summed E-state index contributed by atoms with van der Waals surface area (Å²) in [4.78, 5) is 58.8. The highest BCUT2D eigenvalue weighted by molar-refractivity contribution is 6.22. The van der Waals surface area contributed by atoms with Crippen molar-refractivity contribution in [2.24, 2.45) is 5.73 Å². The molecule has 0 fully saturated rings. The van der Waals surface area contributed by atoms with Crippen LogP contribution in [0.15, 0.2) is 24.3 Å². The van der Waals surface area contributed by atoms with Crippen LogP contribution in [0.1, 0.15) is 33.6 Å². The summed E-state index contributed by atoms with van der Waals surface area (Å²) in [6, 6.07) is 4.80. The minimum absolute atomic E-state index is 0.182. The number of benzene rings is 1. The van der Waals surface area contributed by atoms with Crippen LogP contribution in [0.5, 0.6) is 0 Å². The average Bonchev–Trinajstić information content (AvgIpc) is 2.76. The number of imide groups is 1. The highest BCUT2D eigenvalue weighted by Gasteiger charge is 2.36. The molecule has 4 amide bonds. The Kier molecular flexibility index (Phi) is 4.93. The number of carbonyl (C=O) groups excluding carboxylic acids is 4. The molecule has 0 saturated heterocycles. The van der Waals surface area contributed by atoms with Gasteiger partial charge in [0.2, 0.25) is 11.8 Å². The van der Waals surface area contributed by atoms with Crippen molar-refractivity contribution < 1.29 is 29.1 Å². The maximum atomic E-state index is 12.1. The van der Waals surface area contributed by atoms with E-state index >= 15 is 0 Å². The Hall–Kier alpha value is -3.23. The minimum Gasteiger partial charge on any atom is -0.480 e. The lowest BCUT2D eigenvalue weighted by Gasteiger charge is -2.17. The number of nitrogens with zero attached hydrogens (tertiary/aromatic N) is 1. The maximum Gasteiger partial charge on any atom is 0.326 e. The summed E-state index contributed by atoms with van der Waals surface area (Å²) in [6.45, 7) is -0.604. The largest absolute Gasteiger partial charge is 0.480 e. The van der Waals surface area contributed by atoms with E-state index in [1.165, 1.54) is 12.1 Å². The molecule has 0 aromatic heterocycles. The van der Waals surface area contributed by atoms with Gasteiger partial charge in [-0.1, -0.05) is 12.1 Å². The number of rotatable bonds is 7. The van der Waals surface area contributed by atoms with Crippen molar-refractivity contribution in [2.75, 3.05) is 6.54 Å². The summed E-state index contributed by atoms with van der Waals surface area (Å²) in [5.41, 5.74) is 5.33. The highest BCUT2D eigenvalue weighted by Crippen LogP contribution is 2.21. The number of nitrogens with one attached hydrogen (secondary N) is 1. The zero-order valence-corrected chi connectivity index (χ0v) is 12.5. The zero-order chi connectivity index (χ0) is 17.9.